The molecule has 0 aliphatic heterocycles. The molecular formula is C11H16BrNO2. The van der Waals surface area contributed by atoms with E-state index < -0.39 is 12.1 Å². The first kappa shape index (κ1) is 12.5. The van der Waals surface area contributed by atoms with Crippen molar-refractivity contribution in [2.75, 3.05) is 0 Å². The summed E-state index contributed by atoms with van der Waals surface area (Å²) in [5.41, 5.74) is 6.43. The van der Waals surface area contributed by atoms with Crippen molar-refractivity contribution in [2.45, 2.75) is 31.9 Å². The summed E-state index contributed by atoms with van der Waals surface area (Å²) in [5, 5.41) is 19.4. The first-order valence-electron chi connectivity index (χ1n) is 4.98. The van der Waals surface area contributed by atoms with E-state index >= 15 is 0 Å². The molecule has 15 heavy (non-hydrogen) atoms. The Morgan fingerprint density at radius 3 is 2.67 bits per heavy atom. The normalized spacial score (nSPS) is 14.9. The molecule has 0 fully saturated rings. The van der Waals surface area contributed by atoms with Gasteiger partial charge in [-0.3, -0.25) is 0 Å². The quantitative estimate of drug-likeness (QED) is 0.789. The molecule has 1 aromatic rings. The second kappa shape index (κ2) is 5.49. The van der Waals surface area contributed by atoms with Gasteiger partial charge >= 0.3 is 0 Å². The summed E-state index contributed by atoms with van der Waals surface area (Å²) in [6.45, 7) is 1.98. The predicted molar refractivity (Wildman–Crippen MR) is 63.7 cm³/mol. The second-order valence-electron chi connectivity index (χ2n) is 3.58. The summed E-state index contributed by atoms with van der Waals surface area (Å²) in [7, 11) is 0. The minimum atomic E-state index is -0.609. The minimum Gasteiger partial charge on any atom is -0.508 e. The Morgan fingerprint density at radius 2 is 2.13 bits per heavy atom. The van der Waals surface area contributed by atoms with E-state index in [-0.39, 0.29) is 5.75 Å². The van der Waals surface area contributed by atoms with Gasteiger partial charge < -0.3 is 15.9 Å². The second-order valence-corrected chi connectivity index (χ2v) is 4.50. The van der Waals surface area contributed by atoms with E-state index in [4.69, 9.17) is 5.73 Å². The lowest BCUT2D eigenvalue weighted by Crippen LogP contribution is -2.25. The van der Waals surface area contributed by atoms with Crippen LogP contribution in [0.4, 0.5) is 0 Å². The fourth-order valence-corrected chi connectivity index (χ4v) is 1.83. The van der Waals surface area contributed by atoms with E-state index in [2.05, 4.69) is 15.9 Å². The maximum absolute atomic E-state index is 9.72. The Bertz CT molecular complexity index is 330. The Balaban J connectivity index is 2.86. The third-order valence-electron chi connectivity index (χ3n) is 2.35. The van der Waals surface area contributed by atoms with Crippen LogP contribution >= 0.6 is 15.9 Å². The molecule has 2 atom stereocenters. The summed E-state index contributed by atoms with van der Waals surface area (Å²) >= 11 is 3.25. The van der Waals surface area contributed by atoms with Gasteiger partial charge in [-0.05, 0) is 18.6 Å². The molecule has 0 saturated heterocycles. The van der Waals surface area contributed by atoms with E-state index in [9.17, 15) is 10.2 Å². The van der Waals surface area contributed by atoms with Crippen molar-refractivity contribution in [3.05, 3.63) is 28.2 Å². The zero-order valence-electron chi connectivity index (χ0n) is 8.65. The van der Waals surface area contributed by atoms with Gasteiger partial charge in [-0.15, -0.1) is 0 Å². The summed E-state index contributed by atoms with van der Waals surface area (Å²) in [6.07, 6.45) is 0.894. The molecule has 0 radical (unpaired) electrons. The molecule has 0 spiro atoms. The van der Waals surface area contributed by atoms with Crippen molar-refractivity contribution in [3.63, 3.8) is 0 Å². The lowest BCUT2D eigenvalue weighted by Gasteiger charge is -2.19. The summed E-state index contributed by atoms with van der Waals surface area (Å²) < 4.78 is 0.793. The van der Waals surface area contributed by atoms with Crippen molar-refractivity contribution in [2.24, 2.45) is 5.73 Å². The van der Waals surface area contributed by atoms with Crippen LogP contribution in [-0.4, -0.2) is 16.3 Å². The highest BCUT2D eigenvalue weighted by Crippen LogP contribution is 2.28. The van der Waals surface area contributed by atoms with E-state index in [1.54, 1.807) is 18.2 Å². The van der Waals surface area contributed by atoms with Gasteiger partial charge in [0.2, 0.25) is 0 Å². The van der Waals surface area contributed by atoms with Crippen LogP contribution in [0.5, 0.6) is 5.75 Å². The van der Waals surface area contributed by atoms with Crippen molar-refractivity contribution >= 4 is 15.9 Å². The van der Waals surface area contributed by atoms with E-state index in [1.165, 1.54) is 0 Å². The molecule has 1 rings (SSSR count). The van der Waals surface area contributed by atoms with Crippen LogP contribution < -0.4 is 5.73 Å². The molecule has 0 heterocycles. The number of aliphatic hydroxyl groups is 1. The maximum Gasteiger partial charge on any atom is 0.121 e. The molecule has 0 aromatic heterocycles. The van der Waals surface area contributed by atoms with Crippen LogP contribution in [0.1, 0.15) is 31.4 Å². The van der Waals surface area contributed by atoms with Crippen LogP contribution in [0.25, 0.3) is 0 Å². The summed E-state index contributed by atoms with van der Waals surface area (Å²) in [5.74, 6) is 0.118. The molecule has 3 nitrogen and oxygen atoms in total. The van der Waals surface area contributed by atoms with Gasteiger partial charge in [0, 0.05) is 10.0 Å². The molecule has 1 aromatic carbocycles. The van der Waals surface area contributed by atoms with Crippen LogP contribution in [0.15, 0.2) is 22.7 Å². The van der Waals surface area contributed by atoms with Crippen molar-refractivity contribution < 1.29 is 10.2 Å². The molecule has 0 amide bonds. The van der Waals surface area contributed by atoms with Crippen molar-refractivity contribution in [1.29, 1.82) is 0 Å². The molecule has 0 aliphatic carbocycles. The van der Waals surface area contributed by atoms with Gasteiger partial charge in [0.15, 0.2) is 0 Å². The first-order chi connectivity index (χ1) is 7.06. The molecule has 4 N–H and O–H groups in total. The van der Waals surface area contributed by atoms with Gasteiger partial charge in [-0.2, -0.15) is 0 Å². The highest BCUT2D eigenvalue weighted by Gasteiger charge is 2.18. The highest BCUT2D eigenvalue weighted by molar-refractivity contribution is 9.10. The molecule has 0 bridgehead atoms. The van der Waals surface area contributed by atoms with Crippen LogP contribution in [-0.2, 0) is 0 Å². The third kappa shape index (κ3) is 3.19. The molecule has 0 saturated carbocycles. The SMILES string of the molecule is CCC[C@@H](O)[C@@H](N)c1ccc(Br)cc1O. The number of phenolic OH excluding ortho intramolecular Hbond substituents is 1. The Hall–Kier alpha value is -0.580. The van der Waals surface area contributed by atoms with Crippen LogP contribution in [0.3, 0.4) is 0 Å². The number of hydrogen-bond donors (Lipinski definition) is 3. The van der Waals surface area contributed by atoms with Crippen LogP contribution in [0, 0.1) is 0 Å². The Morgan fingerprint density at radius 1 is 1.47 bits per heavy atom. The largest absolute Gasteiger partial charge is 0.508 e. The van der Waals surface area contributed by atoms with Gasteiger partial charge in [-0.1, -0.05) is 35.3 Å². The fraction of sp³-hybridized carbons (Fsp3) is 0.455. The number of halogens is 1. The first-order valence-corrected chi connectivity index (χ1v) is 5.77. The molecule has 0 unspecified atom stereocenters. The lowest BCUT2D eigenvalue weighted by atomic mass is 9.98. The number of benzene rings is 1. The number of aliphatic hydroxyl groups excluding tert-OH is 1. The monoisotopic (exact) mass is 273 g/mol. The Labute approximate surface area is 98.1 Å². The van der Waals surface area contributed by atoms with Gasteiger partial charge in [0.1, 0.15) is 5.75 Å². The standard InChI is InChI=1S/C11H16BrNO2/c1-2-3-9(14)11(13)8-5-4-7(12)6-10(8)15/h4-6,9,11,14-15H,2-3,13H2,1H3/t9-,11+/m1/s1. The number of phenols is 1. The molecular weight excluding hydrogens is 258 g/mol. The topological polar surface area (TPSA) is 66.5 Å². The van der Waals surface area contributed by atoms with E-state index in [0.717, 1.165) is 10.9 Å². The minimum absolute atomic E-state index is 0.118. The average Bonchev–Trinajstić information content (AvgIpc) is 2.17. The summed E-state index contributed by atoms with van der Waals surface area (Å²) in [6, 6.07) is 4.57. The van der Waals surface area contributed by atoms with E-state index in [1.807, 2.05) is 6.92 Å². The lowest BCUT2D eigenvalue weighted by molar-refractivity contribution is 0.133. The highest BCUT2D eigenvalue weighted by atomic mass is 79.9. The zero-order chi connectivity index (χ0) is 11.4. The number of rotatable bonds is 4. The Kier molecular flexibility index (Phi) is 4.57. The smallest absolute Gasteiger partial charge is 0.121 e. The molecule has 84 valence electrons. The van der Waals surface area contributed by atoms with Crippen molar-refractivity contribution in [1.82, 2.24) is 0 Å². The van der Waals surface area contributed by atoms with Crippen molar-refractivity contribution in [3.8, 4) is 5.75 Å². The van der Waals surface area contributed by atoms with Gasteiger partial charge in [0.05, 0.1) is 12.1 Å². The van der Waals surface area contributed by atoms with Gasteiger partial charge in [-0.25, -0.2) is 0 Å². The number of aromatic hydroxyl groups is 1. The van der Waals surface area contributed by atoms with Crippen LogP contribution in [0.2, 0.25) is 0 Å². The number of nitrogens with two attached hydrogens (primary N) is 1. The average molecular weight is 274 g/mol. The predicted octanol–water partition coefficient (Wildman–Crippen LogP) is 2.32. The summed E-state index contributed by atoms with van der Waals surface area (Å²) in [4.78, 5) is 0. The van der Waals surface area contributed by atoms with E-state index in [0.29, 0.717) is 12.0 Å². The zero-order valence-corrected chi connectivity index (χ0v) is 10.2. The maximum atomic E-state index is 9.72. The fourth-order valence-electron chi connectivity index (χ4n) is 1.48. The third-order valence-corrected chi connectivity index (χ3v) is 2.84. The molecule has 0 aliphatic rings. The number of hydrogen-bond acceptors (Lipinski definition) is 3. The van der Waals surface area contributed by atoms with Gasteiger partial charge in [0.25, 0.3) is 0 Å². The molecule has 4 heteroatoms.